The molecule has 17 heavy (non-hydrogen) atoms. The zero-order chi connectivity index (χ0) is 11.8. The SMILES string of the molecule is CC1(C)CN(C(=O)C2CCCC2N)CCS1.Cl. The molecule has 2 aliphatic rings. The van der Waals surface area contributed by atoms with Crippen LogP contribution in [-0.4, -0.2) is 40.4 Å². The molecule has 2 fully saturated rings. The van der Waals surface area contributed by atoms with Crippen molar-refractivity contribution in [1.29, 1.82) is 0 Å². The van der Waals surface area contributed by atoms with Gasteiger partial charge in [-0.3, -0.25) is 4.79 Å². The molecule has 0 aromatic rings. The number of thioether (sulfide) groups is 1. The zero-order valence-corrected chi connectivity index (χ0v) is 12.3. The van der Waals surface area contributed by atoms with E-state index in [4.69, 9.17) is 5.73 Å². The molecule has 1 amide bonds. The molecule has 0 bridgehead atoms. The molecule has 100 valence electrons. The van der Waals surface area contributed by atoms with Crippen LogP contribution in [-0.2, 0) is 4.79 Å². The molecule has 0 aromatic heterocycles. The van der Waals surface area contributed by atoms with Gasteiger partial charge in [0.05, 0.1) is 5.92 Å². The molecule has 1 saturated heterocycles. The number of carbonyl (C=O) groups is 1. The summed E-state index contributed by atoms with van der Waals surface area (Å²) in [7, 11) is 0. The van der Waals surface area contributed by atoms with Crippen molar-refractivity contribution < 1.29 is 4.79 Å². The van der Waals surface area contributed by atoms with E-state index in [0.717, 1.165) is 38.1 Å². The summed E-state index contributed by atoms with van der Waals surface area (Å²) in [6.45, 7) is 6.20. The largest absolute Gasteiger partial charge is 0.340 e. The average Bonchev–Trinajstić information content (AvgIpc) is 2.62. The standard InChI is InChI=1S/C12H22N2OS.ClH/c1-12(2)8-14(6-7-16-12)11(15)9-4-3-5-10(9)13;/h9-10H,3-8,13H2,1-2H3;1H. The van der Waals surface area contributed by atoms with Crippen molar-refractivity contribution in [1.82, 2.24) is 4.90 Å². The van der Waals surface area contributed by atoms with Gasteiger partial charge >= 0.3 is 0 Å². The molecule has 0 radical (unpaired) electrons. The minimum Gasteiger partial charge on any atom is -0.340 e. The van der Waals surface area contributed by atoms with E-state index in [1.807, 2.05) is 16.7 Å². The van der Waals surface area contributed by atoms with Crippen LogP contribution in [0.25, 0.3) is 0 Å². The predicted molar refractivity (Wildman–Crippen MR) is 75.7 cm³/mol. The highest BCUT2D eigenvalue weighted by Gasteiger charge is 2.37. The Kier molecular flexibility index (Phi) is 5.17. The molecule has 1 heterocycles. The fourth-order valence-electron chi connectivity index (χ4n) is 2.73. The van der Waals surface area contributed by atoms with Crippen LogP contribution in [0.3, 0.4) is 0 Å². The third kappa shape index (κ3) is 3.52. The second-order valence-electron chi connectivity index (χ2n) is 5.57. The second-order valence-corrected chi connectivity index (χ2v) is 7.37. The van der Waals surface area contributed by atoms with Gasteiger partial charge in [-0.1, -0.05) is 6.42 Å². The normalized spacial score (nSPS) is 32.1. The van der Waals surface area contributed by atoms with Gasteiger partial charge in [-0.2, -0.15) is 11.8 Å². The Morgan fingerprint density at radius 1 is 1.41 bits per heavy atom. The smallest absolute Gasteiger partial charge is 0.227 e. The first-order chi connectivity index (χ1) is 7.49. The van der Waals surface area contributed by atoms with Crippen molar-refractivity contribution in [2.75, 3.05) is 18.8 Å². The minimum absolute atomic E-state index is 0. The van der Waals surface area contributed by atoms with Crippen LogP contribution in [0.2, 0.25) is 0 Å². The topological polar surface area (TPSA) is 46.3 Å². The molecule has 5 heteroatoms. The fraction of sp³-hybridized carbons (Fsp3) is 0.917. The van der Waals surface area contributed by atoms with Gasteiger partial charge in [0, 0.05) is 29.6 Å². The first kappa shape index (κ1) is 15.1. The molecule has 1 saturated carbocycles. The lowest BCUT2D eigenvalue weighted by atomic mass is 10.0. The molecule has 2 N–H and O–H groups in total. The van der Waals surface area contributed by atoms with Crippen molar-refractivity contribution in [2.24, 2.45) is 11.7 Å². The van der Waals surface area contributed by atoms with Crippen LogP contribution in [0.5, 0.6) is 0 Å². The monoisotopic (exact) mass is 278 g/mol. The van der Waals surface area contributed by atoms with E-state index in [9.17, 15) is 4.79 Å². The quantitative estimate of drug-likeness (QED) is 0.797. The number of amides is 1. The molecule has 0 aromatic carbocycles. The molecule has 1 aliphatic heterocycles. The van der Waals surface area contributed by atoms with Crippen molar-refractivity contribution >= 4 is 30.1 Å². The number of halogens is 1. The number of hydrogen-bond donors (Lipinski definition) is 1. The number of carbonyl (C=O) groups excluding carboxylic acids is 1. The van der Waals surface area contributed by atoms with Gasteiger partial charge in [0.15, 0.2) is 0 Å². The van der Waals surface area contributed by atoms with E-state index in [0.29, 0.717) is 5.91 Å². The van der Waals surface area contributed by atoms with Crippen LogP contribution in [0.15, 0.2) is 0 Å². The lowest BCUT2D eigenvalue weighted by Gasteiger charge is -2.39. The Bertz CT molecular complexity index is 286. The molecule has 2 atom stereocenters. The molecule has 3 nitrogen and oxygen atoms in total. The van der Waals surface area contributed by atoms with Crippen molar-refractivity contribution in [2.45, 2.75) is 43.9 Å². The maximum atomic E-state index is 12.3. The van der Waals surface area contributed by atoms with Gasteiger partial charge in [0.2, 0.25) is 5.91 Å². The second kappa shape index (κ2) is 5.81. The third-order valence-corrected chi connectivity index (χ3v) is 4.92. The van der Waals surface area contributed by atoms with Gasteiger partial charge in [0.1, 0.15) is 0 Å². The lowest BCUT2D eigenvalue weighted by molar-refractivity contribution is -0.136. The van der Waals surface area contributed by atoms with Crippen LogP contribution in [0.1, 0.15) is 33.1 Å². The van der Waals surface area contributed by atoms with Gasteiger partial charge < -0.3 is 10.6 Å². The molecule has 0 spiro atoms. The van der Waals surface area contributed by atoms with Gasteiger partial charge in [-0.15, -0.1) is 12.4 Å². The number of nitrogens with zero attached hydrogens (tertiary/aromatic N) is 1. The molecular formula is C12H23ClN2OS. The lowest BCUT2D eigenvalue weighted by Crippen LogP contribution is -2.50. The maximum absolute atomic E-state index is 12.3. The Balaban J connectivity index is 0.00000144. The summed E-state index contributed by atoms with van der Waals surface area (Å²) in [4.78, 5) is 14.4. The fourth-order valence-corrected chi connectivity index (χ4v) is 3.85. The Labute approximate surface area is 114 Å². The van der Waals surface area contributed by atoms with Crippen LogP contribution in [0, 0.1) is 5.92 Å². The first-order valence-electron chi connectivity index (χ1n) is 6.18. The summed E-state index contributed by atoms with van der Waals surface area (Å²) in [5.41, 5.74) is 6.00. The minimum atomic E-state index is 0. The summed E-state index contributed by atoms with van der Waals surface area (Å²) in [5, 5.41) is 0. The summed E-state index contributed by atoms with van der Waals surface area (Å²) in [6, 6.07) is 0.102. The average molecular weight is 279 g/mol. The summed E-state index contributed by atoms with van der Waals surface area (Å²) >= 11 is 1.96. The molecular weight excluding hydrogens is 256 g/mol. The first-order valence-corrected chi connectivity index (χ1v) is 7.16. The van der Waals surface area contributed by atoms with Gasteiger partial charge in [-0.05, 0) is 26.7 Å². The predicted octanol–water partition coefficient (Wildman–Crippen LogP) is 1.89. The molecule has 2 unspecified atom stereocenters. The van der Waals surface area contributed by atoms with E-state index in [2.05, 4.69) is 13.8 Å². The van der Waals surface area contributed by atoms with Gasteiger partial charge in [-0.25, -0.2) is 0 Å². The Morgan fingerprint density at radius 3 is 2.65 bits per heavy atom. The van der Waals surface area contributed by atoms with Crippen molar-refractivity contribution in [3.63, 3.8) is 0 Å². The number of rotatable bonds is 1. The maximum Gasteiger partial charge on any atom is 0.227 e. The summed E-state index contributed by atoms with van der Waals surface area (Å²) < 4.78 is 0.205. The Morgan fingerprint density at radius 2 is 2.12 bits per heavy atom. The number of nitrogens with two attached hydrogens (primary N) is 1. The van der Waals surface area contributed by atoms with Crippen LogP contribution >= 0.6 is 24.2 Å². The van der Waals surface area contributed by atoms with Crippen LogP contribution < -0.4 is 5.73 Å². The Hall–Kier alpha value is 0.0700. The summed E-state index contributed by atoms with van der Waals surface area (Å²) in [5.74, 6) is 1.46. The molecule has 2 rings (SSSR count). The highest BCUT2D eigenvalue weighted by Crippen LogP contribution is 2.32. The van der Waals surface area contributed by atoms with E-state index in [1.54, 1.807) is 0 Å². The highest BCUT2D eigenvalue weighted by atomic mass is 35.5. The summed E-state index contributed by atoms with van der Waals surface area (Å²) in [6.07, 6.45) is 3.12. The van der Waals surface area contributed by atoms with Crippen molar-refractivity contribution in [3.8, 4) is 0 Å². The highest BCUT2D eigenvalue weighted by molar-refractivity contribution is 8.00. The van der Waals surface area contributed by atoms with E-state index in [-0.39, 0.29) is 29.1 Å². The zero-order valence-electron chi connectivity index (χ0n) is 10.6. The van der Waals surface area contributed by atoms with Crippen molar-refractivity contribution in [3.05, 3.63) is 0 Å². The van der Waals surface area contributed by atoms with E-state index >= 15 is 0 Å². The van der Waals surface area contributed by atoms with E-state index < -0.39 is 0 Å². The van der Waals surface area contributed by atoms with Crippen LogP contribution in [0.4, 0.5) is 0 Å². The van der Waals surface area contributed by atoms with E-state index in [1.165, 1.54) is 0 Å². The number of hydrogen-bond acceptors (Lipinski definition) is 3. The van der Waals surface area contributed by atoms with Gasteiger partial charge in [0.25, 0.3) is 0 Å². The third-order valence-electron chi connectivity index (χ3n) is 3.62. The molecule has 1 aliphatic carbocycles.